The number of rotatable bonds is 8. The predicted molar refractivity (Wildman–Crippen MR) is 123 cm³/mol. The predicted octanol–water partition coefficient (Wildman–Crippen LogP) is 3.11. The van der Waals surface area contributed by atoms with Crippen molar-refractivity contribution in [3.63, 3.8) is 0 Å². The second kappa shape index (κ2) is 9.24. The summed E-state index contributed by atoms with van der Waals surface area (Å²) in [6.45, 7) is 8.03. The van der Waals surface area contributed by atoms with E-state index in [1.54, 1.807) is 11.3 Å². The molecule has 4 N–H and O–H groups in total. The highest BCUT2D eigenvalue weighted by Crippen LogP contribution is 2.26. The van der Waals surface area contributed by atoms with Gasteiger partial charge >= 0.3 is 0 Å². The van der Waals surface area contributed by atoms with Crippen LogP contribution >= 0.6 is 23.1 Å². The maximum Gasteiger partial charge on any atom is 0.292 e. The Morgan fingerprint density at radius 2 is 2.03 bits per heavy atom. The Morgan fingerprint density at radius 1 is 1.25 bits per heavy atom. The number of hydrogen-bond donors (Lipinski definition) is 3. The number of amides is 1. The number of carbonyl (C=O) groups is 1. The van der Waals surface area contributed by atoms with Crippen LogP contribution in [0, 0.1) is 13.8 Å². The second-order valence-electron chi connectivity index (χ2n) is 6.76. The summed E-state index contributed by atoms with van der Waals surface area (Å²) in [4.78, 5) is 16.2. The zero-order chi connectivity index (χ0) is 22.7. The van der Waals surface area contributed by atoms with Gasteiger partial charge in [0, 0.05) is 26.0 Å². The van der Waals surface area contributed by atoms with E-state index >= 15 is 0 Å². The number of aromatic nitrogens is 5. The van der Waals surface area contributed by atoms with E-state index in [1.165, 1.54) is 16.4 Å². The molecule has 164 valence electrons. The minimum atomic E-state index is -0.472. The molecule has 0 bridgehead atoms. The third kappa shape index (κ3) is 4.50. The molecule has 12 heteroatoms. The second-order valence-corrected chi connectivity index (χ2v) is 9.27. The van der Waals surface area contributed by atoms with E-state index in [4.69, 9.17) is 5.73 Å². The van der Waals surface area contributed by atoms with Crippen LogP contribution in [-0.2, 0) is 5.75 Å². The minimum Gasteiger partial charge on any atom is -0.378 e. The molecule has 0 aliphatic rings. The lowest BCUT2D eigenvalue weighted by Gasteiger charge is -2.11. The van der Waals surface area contributed by atoms with Crippen LogP contribution in [0.15, 0.2) is 52.5 Å². The number of nitrogens with two attached hydrogens (primary N) is 1. The summed E-state index contributed by atoms with van der Waals surface area (Å²) < 4.78 is 6.04. The smallest absolute Gasteiger partial charge is 0.292 e. The zero-order valence-corrected chi connectivity index (χ0v) is 19.0. The van der Waals surface area contributed by atoms with Crippen LogP contribution in [0.2, 0.25) is 0 Å². The van der Waals surface area contributed by atoms with Crippen LogP contribution < -0.4 is 16.6 Å². The average molecular weight is 469 g/mol. The first-order valence-corrected chi connectivity index (χ1v) is 11.3. The molecule has 0 spiro atoms. The first-order valence-electron chi connectivity index (χ1n) is 9.47. The van der Waals surface area contributed by atoms with Crippen molar-refractivity contribution >= 4 is 40.5 Å². The molecule has 4 rings (SSSR count). The van der Waals surface area contributed by atoms with Gasteiger partial charge in [-0.1, -0.05) is 30.0 Å². The van der Waals surface area contributed by atoms with Gasteiger partial charge in [0.05, 0.1) is 11.4 Å². The van der Waals surface area contributed by atoms with Gasteiger partial charge in [0.2, 0.25) is 11.6 Å². The van der Waals surface area contributed by atoms with Crippen molar-refractivity contribution in [2.24, 2.45) is 0 Å². The molecular weight excluding hydrogens is 448 g/mol. The summed E-state index contributed by atoms with van der Waals surface area (Å²) in [5, 5.41) is 15.5. The van der Waals surface area contributed by atoms with Gasteiger partial charge in [0.25, 0.3) is 5.91 Å². The molecule has 0 unspecified atom stereocenters. The fourth-order valence-corrected chi connectivity index (χ4v) is 4.84. The standard InChI is InChI=1S/C20H20N8O2S2/c1-11-9-15(13(3)32-11)12(2)22-24-20(29)17-16(10-31-14-7-5-4-6-8-14)28(27-23-17)19-18(21)25-30-26-19/h4-9,22H,2,10H2,1,3H3,(H2,21,25)(H,24,29). The van der Waals surface area contributed by atoms with Crippen molar-refractivity contribution in [2.45, 2.75) is 24.5 Å². The van der Waals surface area contributed by atoms with Gasteiger partial charge in [-0.2, -0.15) is 4.68 Å². The largest absolute Gasteiger partial charge is 0.378 e. The van der Waals surface area contributed by atoms with Gasteiger partial charge in [-0.15, -0.1) is 28.2 Å². The molecule has 0 saturated carbocycles. The number of aryl methyl sites for hydroxylation is 2. The number of carbonyl (C=O) groups excluding carboxylic acids is 1. The number of hydrogen-bond acceptors (Lipinski definition) is 10. The molecule has 3 heterocycles. The fourth-order valence-electron chi connectivity index (χ4n) is 2.97. The van der Waals surface area contributed by atoms with E-state index in [2.05, 4.69) is 42.7 Å². The van der Waals surface area contributed by atoms with Gasteiger partial charge < -0.3 is 5.73 Å². The van der Waals surface area contributed by atoms with Crippen LogP contribution in [0.4, 0.5) is 5.82 Å². The monoisotopic (exact) mass is 468 g/mol. The number of thioether (sulfide) groups is 1. The maximum atomic E-state index is 12.9. The van der Waals surface area contributed by atoms with E-state index in [1.807, 2.05) is 50.2 Å². The summed E-state index contributed by atoms with van der Waals surface area (Å²) in [7, 11) is 0. The molecule has 32 heavy (non-hydrogen) atoms. The highest BCUT2D eigenvalue weighted by atomic mass is 32.2. The Hall–Kier alpha value is -3.64. The Balaban J connectivity index is 1.56. The number of benzene rings is 1. The van der Waals surface area contributed by atoms with Crippen molar-refractivity contribution in [3.8, 4) is 5.82 Å². The van der Waals surface area contributed by atoms with Crippen LogP contribution in [0.3, 0.4) is 0 Å². The Labute approximate surface area is 191 Å². The van der Waals surface area contributed by atoms with Gasteiger partial charge in [-0.3, -0.25) is 15.6 Å². The molecule has 0 fully saturated rings. The number of nitrogens with one attached hydrogen (secondary N) is 2. The highest BCUT2D eigenvalue weighted by molar-refractivity contribution is 7.98. The van der Waals surface area contributed by atoms with Crippen LogP contribution in [0.25, 0.3) is 11.5 Å². The topological polar surface area (TPSA) is 137 Å². The number of anilines is 1. The van der Waals surface area contributed by atoms with Gasteiger partial charge in [-0.05, 0) is 42.4 Å². The van der Waals surface area contributed by atoms with E-state index in [9.17, 15) is 4.79 Å². The molecule has 1 aromatic carbocycles. The molecule has 10 nitrogen and oxygen atoms in total. The third-order valence-corrected chi connectivity index (χ3v) is 6.48. The van der Waals surface area contributed by atoms with E-state index in [-0.39, 0.29) is 17.3 Å². The van der Waals surface area contributed by atoms with Gasteiger partial charge in [-0.25, -0.2) is 4.63 Å². The molecule has 0 aliphatic carbocycles. The first kappa shape index (κ1) is 21.6. The normalized spacial score (nSPS) is 10.8. The fraction of sp³-hybridized carbons (Fsp3) is 0.150. The summed E-state index contributed by atoms with van der Waals surface area (Å²) in [5.41, 5.74) is 13.5. The first-order chi connectivity index (χ1) is 15.4. The Bertz CT molecular complexity index is 1260. The van der Waals surface area contributed by atoms with Gasteiger partial charge in [0.15, 0.2) is 5.69 Å². The van der Waals surface area contributed by atoms with E-state index < -0.39 is 5.91 Å². The summed E-state index contributed by atoms with van der Waals surface area (Å²) in [6.07, 6.45) is 0. The number of nitrogen functional groups attached to an aromatic ring is 1. The molecule has 1 amide bonds. The molecule has 3 aromatic heterocycles. The lowest BCUT2D eigenvalue weighted by atomic mass is 10.2. The van der Waals surface area contributed by atoms with Crippen molar-refractivity contribution in [3.05, 3.63) is 69.7 Å². The minimum absolute atomic E-state index is 0.0441. The van der Waals surface area contributed by atoms with Crippen molar-refractivity contribution in [2.75, 3.05) is 5.73 Å². The molecule has 4 aromatic rings. The summed E-state index contributed by atoms with van der Waals surface area (Å²) in [6, 6.07) is 11.8. The molecule has 0 saturated heterocycles. The third-order valence-electron chi connectivity index (χ3n) is 4.49. The van der Waals surface area contributed by atoms with E-state index in [0.717, 1.165) is 20.2 Å². The molecule has 0 aliphatic heterocycles. The van der Waals surface area contributed by atoms with Crippen LogP contribution in [0.1, 0.15) is 31.5 Å². The van der Waals surface area contributed by atoms with Crippen LogP contribution in [0.5, 0.6) is 0 Å². The van der Waals surface area contributed by atoms with Gasteiger partial charge in [0.1, 0.15) is 0 Å². The Kier molecular flexibility index (Phi) is 6.23. The lowest BCUT2D eigenvalue weighted by Crippen LogP contribution is -2.36. The quantitative estimate of drug-likeness (QED) is 0.263. The lowest BCUT2D eigenvalue weighted by molar-refractivity contribution is 0.0936. The van der Waals surface area contributed by atoms with E-state index in [0.29, 0.717) is 17.1 Å². The van der Waals surface area contributed by atoms with Crippen molar-refractivity contribution in [1.29, 1.82) is 0 Å². The average Bonchev–Trinajstić information content (AvgIpc) is 3.48. The SMILES string of the molecule is C=C(NNC(=O)c1nnn(-c2nonc2N)c1CSc1ccccc1)c1cc(C)sc1C. The maximum absolute atomic E-state index is 12.9. The Morgan fingerprint density at radius 3 is 2.69 bits per heavy atom. The number of hydrazine groups is 1. The molecular formula is C20H20N8O2S2. The summed E-state index contributed by atoms with van der Waals surface area (Å²) in [5.74, 6) is 0.126. The number of nitrogens with zero attached hydrogens (tertiary/aromatic N) is 5. The summed E-state index contributed by atoms with van der Waals surface area (Å²) >= 11 is 3.18. The van der Waals surface area contributed by atoms with Crippen molar-refractivity contribution in [1.82, 2.24) is 36.2 Å². The highest BCUT2D eigenvalue weighted by Gasteiger charge is 2.24. The molecule has 0 radical (unpaired) electrons. The zero-order valence-electron chi connectivity index (χ0n) is 17.3. The van der Waals surface area contributed by atoms with Crippen LogP contribution in [-0.4, -0.2) is 31.2 Å². The molecule has 0 atom stereocenters. The van der Waals surface area contributed by atoms with Crippen molar-refractivity contribution < 1.29 is 9.42 Å². The number of thiophene rings is 1.